The summed E-state index contributed by atoms with van der Waals surface area (Å²) in [5.74, 6) is 1.26. The van der Waals surface area contributed by atoms with Crippen LogP contribution in [0.5, 0.6) is 11.5 Å². The number of methoxy groups -OCH3 is 1. The van der Waals surface area contributed by atoms with E-state index in [-0.39, 0.29) is 12.5 Å². The third-order valence-corrected chi connectivity index (χ3v) is 2.61. The minimum Gasteiger partial charge on any atom is -0.493 e. The van der Waals surface area contributed by atoms with E-state index in [0.717, 1.165) is 18.4 Å². The number of halogens is 1. The van der Waals surface area contributed by atoms with Gasteiger partial charge in [0, 0.05) is 16.7 Å². The summed E-state index contributed by atoms with van der Waals surface area (Å²) in [4.78, 5) is 0. The maximum absolute atomic E-state index is 8.76. The van der Waals surface area contributed by atoms with Crippen molar-refractivity contribution in [3.63, 3.8) is 0 Å². The average molecular weight is 238 g/mol. The first-order chi connectivity index (χ1) is 7.74. The molecule has 0 N–H and O–H groups in total. The molecule has 4 heteroatoms. The summed E-state index contributed by atoms with van der Waals surface area (Å²) in [6, 6.07) is 5.57. The molecule has 0 radical (unpaired) electrons. The van der Waals surface area contributed by atoms with Crippen molar-refractivity contribution in [1.29, 1.82) is 5.26 Å². The molecule has 0 spiro atoms. The lowest BCUT2D eigenvalue weighted by Crippen LogP contribution is -2.02. The summed E-state index contributed by atoms with van der Waals surface area (Å²) in [6.07, 6.45) is 2.68. The highest BCUT2D eigenvalue weighted by Crippen LogP contribution is 2.38. The maximum Gasteiger partial charge on any atom is 0.165 e. The van der Waals surface area contributed by atoms with E-state index in [1.165, 1.54) is 0 Å². The summed E-state index contributed by atoms with van der Waals surface area (Å²) in [7, 11) is 1.57. The van der Waals surface area contributed by atoms with Gasteiger partial charge in [0.05, 0.1) is 25.7 Å². The van der Waals surface area contributed by atoms with E-state index < -0.39 is 0 Å². The highest BCUT2D eigenvalue weighted by Gasteiger charge is 2.26. The summed E-state index contributed by atoms with van der Waals surface area (Å²) in [5.41, 5.74) is 0.791. The van der Waals surface area contributed by atoms with Gasteiger partial charge in [0.25, 0.3) is 0 Å². The molecular formula is C12H12ClNO2. The molecule has 1 aromatic rings. The van der Waals surface area contributed by atoms with Crippen molar-refractivity contribution in [2.45, 2.75) is 25.4 Å². The van der Waals surface area contributed by atoms with E-state index in [1.54, 1.807) is 19.2 Å². The largest absolute Gasteiger partial charge is 0.493 e. The molecule has 0 atom stereocenters. The molecule has 1 aliphatic carbocycles. The quantitative estimate of drug-likeness (QED) is 0.809. The standard InChI is InChI=1S/C12H12ClNO2/c1-15-11-7-9(13)6-8(4-5-14)12(11)16-10-2-3-10/h6-7,10H,2-4H2,1H3. The van der Waals surface area contributed by atoms with Crippen LogP contribution in [0, 0.1) is 11.3 Å². The second-order valence-corrected chi connectivity index (χ2v) is 4.18. The van der Waals surface area contributed by atoms with Crippen LogP contribution in [0.3, 0.4) is 0 Å². The van der Waals surface area contributed by atoms with Crippen LogP contribution in [0.4, 0.5) is 0 Å². The number of hydrogen-bond acceptors (Lipinski definition) is 3. The van der Waals surface area contributed by atoms with Gasteiger partial charge >= 0.3 is 0 Å². The van der Waals surface area contributed by atoms with Gasteiger partial charge in [-0.25, -0.2) is 0 Å². The summed E-state index contributed by atoms with van der Waals surface area (Å²) in [5, 5.41) is 9.32. The fourth-order valence-electron chi connectivity index (χ4n) is 1.48. The molecule has 2 rings (SSSR count). The number of benzene rings is 1. The summed E-state index contributed by atoms with van der Waals surface area (Å²) in [6.45, 7) is 0. The molecule has 1 saturated carbocycles. The van der Waals surface area contributed by atoms with Crippen LogP contribution in [-0.2, 0) is 6.42 Å². The van der Waals surface area contributed by atoms with Crippen molar-refractivity contribution in [2.24, 2.45) is 0 Å². The van der Waals surface area contributed by atoms with Gasteiger partial charge in [0.1, 0.15) is 0 Å². The lowest BCUT2D eigenvalue weighted by atomic mass is 10.1. The molecule has 3 nitrogen and oxygen atoms in total. The lowest BCUT2D eigenvalue weighted by Gasteiger charge is -2.13. The van der Waals surface area contributed by atoms with Gasteiger partial charge in [-0.3, -0.25) is 0 Å². The summed E-state index contributed by atoms with van der Waals surface area (Å²) >= 11 is 5.94. The molecule has 0 saturated heterocycles. The van der Waals surface area contributed by atoms with Crippen molar-refractivity contribution < 1.29 is 9.47 Å². The zero-order chi connectivity index (χ0) is 11.5. The Balaban J connectivity index is 2.38. The van der Waals surface area contributed by atoms with E-state index in [9.17, 15) is 0 Å². The van der Waals surface area contributed by atoms with Crippen LogP contribution < -0.4 is 9.47 Å². The Morgan fingerprint density at radius 1 is 1.50 bits per heavy atom. The molecule has 0 aromatic heterocycles. The van der Waals surface area contributed by atoms with Crippen LogP contribution in [0.25, 0.3) is 0 Å². The third kappa shape index (κ3) is 2.40. The minimum atomic E-state index is 0.271. The van der Waals surface area contributed by atoms with Crippen molar-refractivity contribution in [2.75, 3.05) is 7.11 Å². The summed E-state index contributed by atoms with van der Waals surface area (Å²) < 4.78 is 11.0. The highest BCUT2D eigenvalue weighted by molar-refractivity contribution is 6.30. The van der Waals surface area contributed by atoms with Gasteiger partial charge in [-0.05, 0) is 18.9 Å². The zero-order valence-corrected chi connectivity index (χ0v) is 9.75. The van der Waals surface area contributed by atoms with E-state index in [1.807, 2.05) is 0 Å². The van der Waals surface area contributed by atoms with Crippen molar-refractivity contribution in [1.82, 2.24) is 0 Å². The molecule has 0 aliphatic heterocycles. The Morgan fingerprint density at radius 2 is 2.25 bits per heavy atom. The van der Waals surface area contributed by atoms with Gasteiger partial charge in [0.15, 0.2) is 11.5 Å². The van der Waals surface area contributed by atoms with Crippen molar-refractivity contribution >= 4 is 11.6 Å². The van der Waals surface area contributed by atoms with Gasteiger partial charge < -0.3 is 9.47 Å². The Labute approximate surface area is 99.5 Å². The molecule has 1 aromatic carbocycles. The highest BCUT2D eigenvalue weighted by atomic mass is 35.5. The SMILES string of the molecule is COc1cc(Cl)cc(CC#N)c1OC1CC1. The smallest absolute Gasteiger partial charge is 0.165 e. The third-order valence-electron chi connectivity index (χ3n) is 2.39. The first kappa shape index (κ1) is 11.1. The fraction of sp³-hybridized carbons (Fsp3) is 0.417. The number of nitriles is 1. The number of hydrogen-bond donors (Lipinski definition) is 0. The molecule has 0 bridgehead atoms. The average Bonchev–Trinajstić information content (AvgIpc) is 3.05. The fourth-order valence-corrected chi connectivity index (χ4v) is 1.71. The second-order valence-electron chi connectivity index (χ2n) is 3.75. The number of ether oxygens (including phenoxy) is 2. The normalized spacial score (nSPS) is 14.3. The van der Waals surface area contributed by atoms with Crippen LogP contribution in [0.2, 0.25) is 5.02 Å². The zero-order valence-electron chi connectivity index (χ0n) is 9.00. The Bertz CT molecular complexity index is 435. The monoisotopic (exact) mass is 237 g/mol. The molecule has 16 heavy (non-hydrogen) atoms. The molecular weight excluding hydrogens is 226 g/mol. The second kappa shape index (κ2) is 4.63. The first-order valence-corrected chi connectivity index (χ1v) is 5.52. The Morgan fingerprint density at radius 3 is 2.81 bits per heavy atom. The lowest BCUT2D eigenvalue weighted by molar-refractivity contribution is 0.279. The van der Waals surface area contributed by atoms with Gasteiger partial charge in [-0.1, -0.05) is 11.6 Å². The van der Waals surface area contributed by atoms with E-state index >= 15 is 0 Å². The van der Waals surface area contributed by atoms with E-state index in [4.69, 9.17) is 26.3 Å². The van der Waals surface area contributed by atoms with Gasteiger partial charge in [-0.15, -0.1) is 0 Å². The molecule has 0 amide bonds. The molecule has 1 aliphatic rings. The van der Waals surface area contributed by atoms with Crippen LogP contribution in [-0.4, -0.2) is 13.2 Å². The molecule has 0 heterocycles. The predicted octanol–water partition coefficient (Wildman–Crippen LogP) is 2.96. The van der Waals surface area contributed by atoms with E-state index in [2.05, 4.69) is 6.07 Å². The van der Waals surface area contributed by atoms with Crippen molar-refractivity contribution in [3.8, 4) is 17.6 Å². The first-order valence-electron chi connectivity index (χ1n) is 5.14. The van der Waals surface area contributed by atoms with Crippen molar-refractivity contribution in [3.05, 3.63) is 22.7 Å². The van der Waals surface area contributed by atoms with Crippen LogP contribution >= 0.6 is 11.6 Å². The Hall–Kier alpha value is -1.40. The molecule has 0 unspecified atom stereocenters. The minimum absolute atomic E-state index is 0.271. The van der Waals surface area contributed by atoms with Crippen LogP contribution in [0.1, 0.15) is 18.4 Å². The molecule has 1 fully saturated rings. The molecule has 84 valence electrons. The topological polar surface area (TPSA) is 42.2 Å². The van der Waals surface area contributed by atoms with Crippen LogP contribution in [0.15, 0.2) is 12.1 Å². The number of rotatable bonds is 4. The van der Waals surface area contributed by atoms with E-state index in [0.29, 0.717) is 16.5 Å². The number of nitrogens with zero attached hydrogens (tertiary/aromatic N) is 1. The Kier molecular flexibility index (Phi) is 3.21. The van der Waals surface area contributed by atoms with Gasteiger partial charge in [-0.2, -0.15) is 5.26 Å². The van der Waals surface area contributed by atoms with Gasteiger partial charge in [0.2, 0.25) is 0 Å². The maximum atomic E-state index is 8.76. The predicted molar refractivity (Wildman–Crippen MR) is 61.0 cm³/mol.